The zero-order valence-corrected chi connectivity index (χ0v) is 22.3. The van der Waals surface area contributed by atoms with Crippen LogP contribution in [-0.2, 0) is 37.5 Å². The predicted octanol–water partition coefficient (Wildman–Crippen LogP) is 0.217. The molecule has 2 aliphatic rings. The first-order valence-corrected chi connectivity index (χ1v) is 13.7. The van der Waals surface area contributed by atoms with Gasteiger partial charge in [-0.25, -0.2) is 9.48 Å². The molecule has 198 valence electrons. The molecule has 2 unspecified atom stereocenters. The minimum absolute atomic E-state index is 0.0880. The van der Waals surface area contributed by atoms with Gasteiger partial charge >= 0.3 is 5.97 Å². The molecule has 0 aromatic carbocycles. The first-order chi connectivity index (χ1) is 17.8. The number of hydrogen-bond acceptors (Lipinski definition) is 10. The molecule has 0 radical (unpaired) electrons. The Labute approximate surface area is 221 Å². The Balaban J connectivity index is 1.48. The first kappa shape index (κ1) is 26.7. The average molecular weight is 549 g/mol. The number of aromatic nitrogens is 5. The molecule has 0 bridgehead atoms. The van der Waals surface area contributed by atoms with Gasteiger partial charge in [0.25, 0.3) is 5.91 Å². The van der Waals surface area contributed by atoms with Crippen LogP contribution in [0.4, 0.5) is 0 Å². The van der Waals surface area contributed by atoms with Gasteiger partial charge in [-0.15, -0.1) is 16.9 Å². The molecular weight excluding hydrogens is 520 g/mol. The summed E-state index contributed by atoms with van der Waals surface area (Å²) in [5, 5.41) is 14.3. The van der Waals surface area contributed by atoms with Crippen molar-refractivity contribution in [2.24, 2.45) is 7.05 Å². The van der Waals surface area contributed by atoms with Crippen molar-refractivity contribution in [1.29, 1.82) is 0 Å². The van der Waals surface area contributed by atoms with Crippen molar-refractivity contribution in [3.8, 4) is 0 Å². The van der Waals surface area contributed by atoms with Gasteiger partial charge in [-0.3, -0.25) is 19.3 Å². The third kappa shape index (κ3) is 5.98. The van der Waals surface area contributed by atoms with Gasteiger partial charge in [0.1, 0.15) is 23.7 Å². The highest BCUT2D eigenvalue weighted by Crippen LogP contribution is 2.41. The van der Waals surface area contributed by atoms with E-state index in [0.717, 1.165) is 0 Å². The minimum atomic E-state index is -0.748. The van der Waals surface area contributed by atoms with Gasteiger partial charge in [-0.1, -0.05) is 18.7 Å². The van der Waals surface area contributed by atoms with Gasteiger partial charge in [0.2, 0.25) is 17.0 Å². The summed E-state index contributed by atoms with van der Waals surface area (Å²) in [7, 11) is 3.27. The highest BCUT2D eigenvalue weighted by molar-refractivity contribution is 8.01. The second-order valence-electron chi connectivity index (χ2n) is 8.54. The van der Waals surface area contributed by atoms with Gasteiger partial charge in [-0.05, 0) is 34.6 Å². The Kier molecular flexibility index (Phi) is 8.53. The topological polar surface area (TPSA) is 145 Å². The summed E-state index contributed by atoms with van der Waals surface area (Å²) in [5.41, 5.74) is 0.830. The highest BCUT2D eigenvalue weighted by atomic mass is 32.2. The molecule has 2 aliphatic heterocycles. The summed E-state index contributed by atoms with van der Waals surface area (Å²) in [4.78, 5) is 53.7. The molecule has 1 N–H and O–H groups in total. The smallest absolute Gasteiger partial charge is 0.356 e. The van der Waals surface area contributed by atoms with Gasteiger partial charge in [-0.2, -0.15) is 0 Å². The molecule has 4 heterocycles. The quantitative estimate of drug-likeness (QED) is 0.179. The second-order valence-corrected chi connectivity index (χ2v) is 10.6. The Morgan fingerprint density at radius 3 is 2.73 bits per heavy atom. The van der Waals surface area contributed by atoms with E-state index in [-0.39, 0.29) is 36.7 Å². The van der Waals surface area contributed by atoms with Gasteiger partial charge in [0.05, 0.1) is 0 Å². The van der Waals surface area contributed by atoms with Crippen molar-refractivity contribution in [3.63, 3.8) is 0 Å². The minimum Gasteiger partial charge on any atom is -0.439 e. The highest BCUT2D eigenvalue weighted by Gasteiger charge is 2.54. The number of β-lactam (4-membered cyclic amide) rings is 1. The molecule has 4 rings (SSSR count). The number of nitrogens with one attached hydrogen (secondary N) is 1. The van der Waals surface area contributed by atoms with Crippen molar-refractivity contribution in [2.75, 3.05) is 25.3 Å². The van der Waals surface area contributed by atoms with E-state index in [1.54, 1.807) is 31.1 Å². The number of fused-ring (bicyclic) bond motifs is 1. The number of rotatable bonds is 11. The van der Waals surface area contributed by atoms with Crippen LogP contribution in [-0.4, -0.2) is 95.0 Å². The van der Waals surface area contributed by atoms with Crippen LogP contribution in [0.2, 0.25) is 0 Å². The van der Waals surface area contributed by atoms with Crippen LogP contribution in [0.3, 0.4) is 0 Å². The van der Waals surface area contributed by atoms with Gasteiger partial charge < -0.3 is 19.5 Å². The number of esters is 1. The van der Waals surface area contributed by atoms with Crippen molar-refractivity contribution >= 4 is 47.2 Å². The van der Waals surface area contributed by atoms with Crippen LogP contribution >= 0.6 is 23.5 Å². The lowest BCUT2D eigenvalue weighted by Crippen LogP contribution is -2.70. The SMILES string of the molecule is CCCC(=O)N(C)COC(=O)C1=C(CSc2nnnn2C)CSC2C(NC(=O)Cn3cccc3)C(=O)N12. The second kappa shape index (κ2) is 11.8. The monoisotopic (exact) mass is 548 g/mol. The molecule has 0 aliphatic carbocycles. The lowest BCUT2D eigenvalue weighted by molar-refractivity contribution is -0.156. The molecule has 0 spiro atoms. The maximum atomic E-state index is 13.2. The Morgan fingerprint density at radius 2 is 2.05 bits per heavy atom. The summed E-state index contributed by atoms with van der Waals surface area (Å²) in [6.07, 6.45) is 4.55. The zero-order chi connectivity index (χ0) is 26.5. The third-order valence-corrected chi connectivity index (χ3v) is 8.22. The van der Waals surface area contributed by atoms with Crippen LogP contribution < -0.4 is 5.32 Å². The molecule has 2 atom stereocenters. The Hall–Kier alpha value is -3.33. The van der Waals surface area contributed by atoms with Crippen LogP contribution in [0.25, 0.3) is 0 Å². The van der Waals surface area contributed by atoms with E-state index >= 15 is 0 Å². The molecule has 3 amide bonds. The molecule has 2 aromatic heterocycles. The maximum absolute atomic E-state index is 13.2. The summed E-state index contributed by atoms with van der Waals surface area (Å²) >= 11 is 2.80. The number of ether oxygens (including phenoxy) is 1. The van der Waals surface area contributed by atoms with Crippen molar-refractivity contribution in [2.45, 2.75) is 42.9 Å². The number of carbonyl (C=O) groups excluding carboxylic acids is 4. The molecule has 1 saturated heterocycles. The number of tetrazole rings is 1. The fourth-order valence-corrected chi connectivity index (χ4v) is 6.17. The van der Waals surface area contributed by atoms with Crippen molar-refractivity contribution in [1.82, 2.24) is 39.9 Å². The van der Waals surface area contributed by atoms with E-state index < -0.39 is 17.4 Å². The molecule has 13 nitrogen and oxygen atoms in total. The van der Waals surface area contributed by atoms with E-state index in [9.17, 15) is 19.2 Å². The molecule has 0 saturated carbocycles. The number of aryl methyl sites for hydroxylation is 1. The number of thioether (sulfide) groups is 2. The van der Waals surface area contributed by atoms with Crippen LogP contribution in [0.15, 0.2) is 41.0 Å². The van der Waals surface area contributed by atoms with Gasteiger partial charge in [0, 0.05) is 44.4 Å². The van der Waals surface area contributed by atoms with E-state index in [0.29, 0.717) is 35.1 Å². The number of amides is 3. The summed E-state index contributed by atoms with van der Waals surface area (Å²) in [5.74, 6) is -0.710. The fraction of sp³-hybridized carbons (Fsp3) is 0.500. The van der Waals surface area contributed by atoms with E-state index in [1.807, 2.05) is 19.1 Å². The number of nitrogens with zero attached hydrogens (tertiary/aromatic N) is 7. The first-order valence-electron chi connectivity index (χ1n) is 11.6. The van der Waals surface area contributed by atoms with E-state index in [4.69, 9.17) is 4.74 Å². The molecule has 15 heteroatoms. The maximum Gasteiger partial charge on any atom is 0.356 e. The van der Waals surface area contributed by atoms with E-state index in [2.05, 4.69) is 20.8 Å². The van der Waals surface area contributed by atoms with Gasteiger partial charge in [0.15, 0.2) is 6.73 Å². The summed E-state index contributed by atoms with van der Waals surface area (Å²) < 4.78 is 8.67. The third-order valence-electron chi connectivity index (χ3n) is 5.79. The summed E-state index contributed by atoms with van der Waals surface area (Å²) in [6, 6.07) is 2.88. The van der Waals surface area contributed by atoms with Crippen molar-refractivity contribution < 1.29 is 23.9 Å². The molecule has 1 fully saturated rings. The fourth-order valence-electron chi connectivity index (χ4n) is 3.84. The molecular formula is C22H28N8O5S2. The number of hydrogen-bond donors (Lipinski definition) is 1. The Bertz CT molecular complexity index is 1200. The lowest BCUT2D eigenvalue weighted by atomic mass is 10.0. The van der Waals surface area contributed by atoms with Crippen LogP contribution in [0.5, 0.6) is 0 Å². The molecule has 2 aromatic rings. The van der Waals surface area contributed by atoms with Crippen LogP contribution in [0.1, 0.15) is 19.8 Å². The van der Waals surface area contributed by atoms with E-state index in [1.165, 1.54) is 38.0 Å². The zero-order valence-electron chi connectivity index (χ0n) is 20.7. The average Bonchev–Trinajstić information content (AvgIpc) is 3.55. The normalized spacial score (nSPS) is 18.8. The Morgan fingerprint density at radius 1 is 1.30 bits per heavy atom. The summed E-state index contributed by atoms with van der Waals surface area (Å²) in [6.45, 7) is 1.75. The van der Waals surface area contributed by atoms with Crippen molar-refractivity contribution in [3.05, 3.63) is 35.8 Å². The predicted molar refractivity (Wildman–Crippen MR) is 135 cm³/mol. The lowest BCUT2D eigenvalue weighted by Gasteiger charge is -2.49. The van der Waals surface area contributed by atoms with Crippen LogP contribution in [0, 0.1) is 0 Å². The number of carbonyl (C=O) groups is 4. The largest absolute Gasteiger partial charge is 0.439 e. The molecule has 37 heavy (non-hydrogen) atoms. The standard InChI is InChI=1S/C22H28N8O5S2/c1-4-7-16(32)27(2)13-35-21(34)18-14(12-37-22-24-25-26-28(22)3)11-36-20-17(19(33)30(18)20)23-15(31)10-29-8-5-6-9-29/h5-6,8-9,17,20H,4,7,10-13H2,1-3H3,(H,23,31).